The number of nitrogens with two attached hydrogens (primary N) is 1. The first-order chi connectivity index (χ1) is 13.0. The molecule has 0 bridgehead atoms. The number of carbonyl (C=O) groups excluding carboxylic acids is 2. The summed E-state index contributed by atoms with van der Waals surface area (Å²) in [4.78, 5) is 27.2. The Morgan fingerprint density at radius 2 is 1.54 bits per heavy atom. The predicted molar refractivity (Wildman–Crippen MR) is 109 cm³/mol. The first-order valence-electron chi connectivity index (χ1n) is 8.33. The summed E-state index contributed by atoms with van der Waals surface area (Å²) >= 11 is 0. The maximum Gasteiger partial charge on any atom is 0.343 e. The number of nitrogen functional groups attached to an aromatic ring is 1. The van der Waals surface area contributed by atoms with Crippen LogP contribution >= 0.6 is 12.4 Å². The fourth-order valence-electron chi connectivity index (χ4n) is 2.76. The number of hydrogen-bond acceptors (Lipinski definition) is 5. The van der Waals surface area contributed by atoms with Crippen LogP contribution in [-0.4, -0.2) is 44.6 Å². The van der Waals surface area contributed by atoms with Crippen LogP contribution in [0.2, 0.25) is 0 Å². The summed E-state index contributed by atoms with van der Waals surface area (Å²) in [5.74, 6) is 0.0538. The highest BCUT2D eigenvalue weighted by Gasteiger charge is 2.30. The summed E-state index contributed by atoms with van der Waals surface area (Å²) in [6.07, 6.45) is 0. The number of urea groups is 1. The monoisotopic (exact) mass is 404 g/mol. The second-order valence-electron chi connectivity index (χ2n) is 5.91. The highest BCUT2D eigenvalue weighted by molar-refractivity contribution is 6.06. The Labute approximate surface area is 168 Å². The van der Waals surface area contributed by atoms with Gasteiger partial charge in [0.05, 0.1) is 7.11 Å². The zero-order chi connectivity index (χ0) is 19.4. The van der Waals surface area contributed by atoms with E-state index in [0.717, 1.165) is 11.4 Å². The Morgan fingerprint density at radius 1 is 1.04 bits per heavy atom. The molecule has 1 aliphatic heterocycles. The number of ether oxygens (including phenoxy) is 2. The molecule has 3 rings (SSSR count). The maximum atomic E-state index is 12.8. The van der Waals surface area contributed by atoms with Crippen LogP contribution < -0.4 is 20.3 Å². The lowest BCUT2D eigenvalue weighted by Crippen LogP contribution is -2.31. The van der Waals surface area contributed by atoms with Crippen LogP contribution in [0.3, 0.4) is 0 Å². The molecule has 0 spiro atoms. The van der Waals surface area contributed by atoms with E-state index >= 15 is 0 Å². The van der Waals surface area contributed by atoms with Gasteiger partial charge in [-0.2, -0.15) is 0 Å². The number of rotatable bonds is 6. The third kappa shape index (κ3) is 4.52. The minimum atomic E-state index is -0.458. The van der Waals surface area contributed by atoms with Crippen LogP contribution in [0.1, 0.15) is 5.56 Å². The summed E-state index contributed by atoms with van der Waals surface area (Å²) in [6.45, 7) is 0.941. The molecule has 2 aromatic carbocycles. The molecule has 3 N–H and O–H groups in total. The first-order valence-corrected chi connectivity index (χ1v) is 8.33. The molecule has 28 heavy (non-hydrogen) atoms. The van der Waals surface area contributed by atoms with E-state index in [2.05, 4.69) is 4.74 Å². The quantitative estimate of drug-likeness (QED) is 0.436. The van der Waals surface area contributed by atoms with Crippen molar-refractivity contribution >= 4 is 41.6 Å². The van der Waals surface area contributed by atoms with E-state index in [0.29, 0.717) is 24.4 Å². The van der Waals surface area contributed by atoms with E-state index in [-0.39, 0.29) is 30.9 Å². The number of nitrogens with one attached hydrogen (secondary N) is 1. The number of amides is 2. The molecular formula is C19H21ClN4O4. The Kier molecular flexibility index (Phi) is 6.84. The Hall–Kier alpha value is -3.26. The standard InChI is InChI=1S/C19H20N4O4.ClH/c1-26-17(24)12-27-16-8-6-15(7-9-16)23-11-10-22(19(23)25)14-4-2-13(3-5-14)18(20)21;/h2-9H,10-12H2,1H3,(H3,20,21);1H. The first kappa shape index (κ1) is 21.0. The van der Waals surface area contributed by atoms with E-state index in [1.165, 1.54) is 7.11 Å². The van der Waals surface area contributed by atoms with Crippen molar-refractivity contribution in [2.45, 2.75) is 0 Å². The number of benzene rings is 2. The van der Waals surface area contributed by atoms with Crippen LogP contribution in [0, 0.1) is 5.41 Å². The molecule has 0 aromatic heterocycles. The molecular weight excluding hydrogens is 384 g/mol. The predicted octanol–water partition coefficient (Wildman–Crippen LogP) is 2.39. The van der Waals surface area contributed by atoms with Gasteiger partial charge in [-0.05, 0) is 48.5 Å². The van der Waals surface area contributed by atoms with Gasteiger partial charge in [0.1, 0.15) is 11.6 Å². The van der Waals surface area contributed by atoms with Gasteiger partial charge >= 0.3 is 12.0 Å². The fourth-order valence-corrected chi connectivity index (χ4v) is 2.76. The van der Waals surface area contributed by atoms with Gasteiger partial charge in [-0.1, -0.05) is 0 Å². The molecule has 148 valence electrons. The number of anilines is 2. The van der Waals surface area contributed by atoms with Gasteiger partial charge < -0.3 is 15.2 Å². The highest BCUT2D eigenvalue weighted by Crippen LogP contribution is 2.27. The molecule has 8 nitrogen and oxygen atoms in total. The summed E-state index contributed by atoms with van der Waals surface area (Å²) in [5, 5.41) is 7.43. The molecule has 2 amide bonds. The fraction of sp³-hybridized carbons (Fsp3) is 0.211. The minimum absolute atomic E-state index is 0. The van der Waals surface area contributed by atoms with E-state index in [9.17, 15) is 9.59 Å². The SMILES string of the molecule is COC(=O)COc1ccc(N2CCN(c3ccc(C(=N)N)cc3)C2=O)cc1.Cl. The number of amidine groups is 1. The number of esters is 1. The Morgan fingerprint density at radius 3 is 2.00 bits per heavy atom. The van der Waals surface area contributed by atoms with Crippen molar-refractivity contribution in [3.63, 3.8) is 0 Å². The van der Waals surface area contributed by atoms with Gasteiger partial charge in [0, 0.05) is 30.0 Å². The molecule has 1 saturated heterocycles. The number of methoxy groups -OCH3 is 1. The molecule has 9 heteroatoms. The molecule has 0 radical (unpaired) electrons. The normalized spacial score (nSPS) is 13.1. The zero-order valence-corrected chi connectivity index (χ0v) is 16.1. The van der Waals surface area contributed by atoms with E-state index in [1.807, 2.05) is 0 Å². The van der Waals surface area contributed by atoms with Gasteiger partial charge in [0.2, 0.25) is 0 Å². The van der Waals surface area contributed by atoms with Gasteiger partial charge in [-0.25, -0.2) is 9.59 Å². The maximum absolute atomic E-state index is 12.8. The van der Waals surface area contributed by atoms with Crippen LogP contribution in [-0.2, 0) is 9.53 Å². The number of nitrogens with zero attached hydrogens (tertiary/aromatic N) is 2. The van der Waals surface area contributed by atoms with Crippen molar-refractivity contribution in [2.75, 3.05) is 36.6 Å². The zero-order valence-electron chi connectivity index (χ0n) is 15.3. The summed E-state index contributed by atoms with van der Waals surface area (Å²) in [6, 6.07) is 13.8. The van der Waals surface area contributed by atoms with Gasteiger partial charge in [-0.3, -0.25) is 15.2 Å². The highest BCUT2D eigenvalue weighted by atomic mass is 35.5. The van der Waals surface area contributed by atoms with Crippen molar-refractivity contribution in [3.8, 4) is 5.75 Å². The lowest BCUT2D eigenvalue weighted by molar-refractivity contribution is -0.142. The average molecular weight is 405 g/mol. The second-order valence-corrected chi connectivity index (χ2v) is 5.91. The third-order valence-corrected chi connectivity index (χ3v) is 4.23. The third-order valence-electron chi connectivity index (χ3n) is 4.23. The van der Waals surface area contributed by atoms with E-state index in [1.54, 1.807) is 58.3 Å². The van der Waals surface area contributed by atoms with Crippen molar-refractivity contribution in [1.82, 2.24) is 0 Å². The molecule has 0 unspecified atom stereocenters. The Balaban J connectivity index is 0.00000280. The minimum Gasteiger partial charge on any atom is -0.482 e. The van der Waals surface area contributed by atoms with Crippen molar-refractivity contribution in [1.29, 1.82) is 5.41 Å². The average Bonchev–Trinajstić information content (AvgIpc) is 3.08. The summed E-state index contributed by atoms with van der Waals surface area (Å²) in [7, 11) is 1.30. The van der Waals surface area contributed by atoms with Crippen molar-refractivity contribution < 1.29 is 19.1 Å². The topological polar surface area (TPSA) is 109 Å². The molecule has 0 atom stereocenters. The van der Waals surface area contributed by atoms with Gasteiger partial charge in [0.15, 0.2) is 6.61 Å². The largest absolute Gasteiger partial charge is 0.482 e. The van der Waals surface area contributed by atoms with E-state index < -0.39 is 5.97 Å². The summed E-state index contributed by atoms with van der Waals surface area (Å²) < 4.78 is 9.83. The second kappa shape index (κ2) is 9.09. The number of hydrogen-bond donors (Lipinski definition) is 2. The van der Waals surface area contributed by atoms with Crippen LogP contribution in [0.15, 0.2) is 48.5 Å². The van der Waals surface area contributed by atoms with Crippen LogP contribution in [0.25, 0.3) is 0 Å². The molecule has 2 aromatic rings. The van der Waals surface area contributed by atoms with Crippen LogP contribution in [0.4, 0.5) is 16.2 Å². The van der Waals surface area contributed by atoms with Crippen molar-refractivity contribution in [2.24, 2.45) is 5.73 Å². The number of halogens is 1. The van der Waals surface area contributed by atoms with Crippen molar-refractivity contribution in [3.05, 3.63) is 54.1 Å². The molecule has 0 saturated carbocycles. The molecule has 1 aliphatic rings. The van der Waals surface area contributed by atoms with Gasteiger partial charge in [0.25, 0.3) is 0 Å². The van der Waals surface area contributed by atoms with Gasteiger partial charge in [-0.15, -0.1) is 12.4 Å². The summed E-state index contributed by atoms with van der Waals surface area (Å²) in [5.41, 5.74) is 7.57. The van der Waals surface area contributed by atoms with Crippen LogP contribution in [0.5, 0.6) is 5.75 Å². The Bertz CT molecular complexity index is 855. The smallest absolute Gasteiger partial charge is 0.343 e. The van der Waals surface area contributed by atoms with E-state index in [4.69, 9.17) is 15.9 Å². The lowest BCUT2D eigenvalue weighted by atomic mass is 10.2. The number of carbonyl (C=O) groups is 2. The molecule has 1 fully saturated rings. The molecule has 1 heterocycles. The molecule has 0 aliphatic carbocycles. The lowest BCUT2D eigenvalue weighted by Gasteiger charge is -2.19.